The Labute approximate surface area is 125 Å². The van der Waals surface area contributed by atoms with E-state index in [1.165, 1.54) is 7.11 Å². The van der Waals surface area contributed by atoms with Crippen LogP contribution < -0.4 is 10.2 Å². The van der Waals surface area contributed by atoms with Crippen molar-refractivity contribution in [2.75, 3.05) is 26.1 Å². The van der Waals surface area contributed by atoms with Crippen molar-refractivity contribution in [1.82, 2.24) is 10.3 Å². The highest BCUT2D eigenvalue weighted by atomic mass is 16.5. The van der Waals surface area contributed by atoms with Crippen molar-refractivity contribution in [1.29, 1.82) is 0 Å². The highest BCUT2D eigenvalue weighted by Gasteiger charge is 2.23. The molecule has 0 bridgehead atoms. The summed E-state index contributed by atoms with van der Waals surface area (Å²) in [6, 6.07) is 2.66. The second-order valence-electron chi connectivity index (χ2n) is 5.48. The van der Waals surface area contributed by atoms with Gasteiger partial charge in [-0.2, -0.15) is 0 Å². The van der Waals surface area contributed by atoms with Gasteiger partial charge in [0.05, 0.1) is 7.11 Å². The number of carbonyl (C=O) groups excluding carboxylic acids is 2. The third kappa shape index (κ3) is 5.06. The lowest BCUT2D eigenvalue weighted by Gasteiger charge is -2.19. The molecule has 21 heavy (non-hydrogen) atoms. The maximum atomic E-state index is 12.3. The van der Waals surface area contributed by atoms with Crippen LogP contribution in [-0.4, -0.2) is 44.1 Å². The molecule has 1 heterocycles. The molecule has 6 heteroatoms. The average molecular weight is 293 g/mol. The highest BCUT2D eigenvalue weighted by molar-refractivity contribution is 5.97. The first-order chi connectivity index (χ1) is 9.85. The van der Waals surface area contributed by atoms with E-state index in [1.807, 2.05) is 32.8 Å². The number of aromatic nitrogens is 1. The van der Waals surface area contributed by atoms with Gasteiger partial charge in [0.2, 0.25) is 0 Å². The molecular weight excluding hydrogens is 270 g/mol. The predicted molar refractivity (Wildman–Crippen MR) is 81.3 cm³/mol. The monoisotopic (exact) mass is 293 g/mol. The van der Waals surface area contributed by atoms with Gasteiger partial charge >= 0.3 is 5.97 Å². The van der Waals surface area contributed by atoms with E-state index in [4.69, 9.17) is 4.74 Å². The van der Waals surface area contributed by atoms with Gasteiger partial charge in [-0.3, -0.25) is 4.79 Å². The smallest absolute Gasteiger partial charge is 0.328 e. The zero-order valence-electron chi connectivity index (χ0n) is 13.2. The van der Waals surface area contributed by atoms with Gasteiger partial charge in [-0.25, -0.2) is 9.78 Å². The molecule has 0 aliphatic heterocycles. The molecule has 1 aromatic heterocycles. The molecule has 0 spiro atoms. The zero-order chi connectivity index (χ0) is 16.0. The summed E-state index contributed by atoms with van der Waals surface area (Å²) in [4.78, 5) is 30.0. The summed E-state index contributed by atoms with van der Waals surface area (Å²) in [5.41, 5.74) is 0.464. The van der Waals surface area contributed by atoms with Gasteiger partial charge in [-0.05, 0) is 24.5 Å². The molecule has 1 unspecified atom stereocenters. The van der Waals surface area contributed by atoms with E-state index in [2.05, 4.69) is 10.3 Å². The lowest BCUT2D eigenvalue weighted by Crippen LogP contribution is -2.42. The minimum Gasteiger partial charge on any atom is -0.467 e. The number of anilines is 1. The van der Waals surface area contributed by atoms with Crippen molar-refractivity contribution in [3.8, 4) is 0 Å². The first kappa shape index (κ1) is 16.9. The molecule has 0 saturated heterocycles. The van der Waals surface area contributed by atoms with E-state index in [1.54, 1.807) is 18.3 Å². The van der Waals surface area contributed by atoms with Crippen LogP contribution in [0.4, 0.5) is 5.82 Å². The number of amides is 1. The first-order valence-electron chi connectivity index (χ1n) is 6.87. The molecule has 1 N–H and O–H groups in total. The lowest BCUT2D eigenvalue weighted by atomic mass is 10.0. The molecule has 0 fully saturated rings. The summed E-state index contributed by atoms with van der Waals surface area (Å²) in [6.45, 7) is 3.97. The number of hydrogen-bond acceptors (Lipinski definition) is 5. The Balaban J connectivity index is 2.86. The van der Waals surface area contributed by atoms with Gasteiger partial charge < -0.3 is 15.0 Å². The minimum absolute atomic E-state index is 0.268. The zero-order valence-corrected chi connectivity index (χ0v) is 13.2. The van der Waals surface area contributed by atoms with Gasteiger partial charge in [0.15, 0.2) is 0 Å². The Morgan fingerprint density at radius 3 is 2.57 bits per heavy atom. The first-order valence-corrected chi connectivity index (χ1v) is 6.87. The van der Waals surface area contributed by atoms with Crippen LogP contribution in [0.5, 0.6) is 0 Å². The maximum Gasteiger partial charge on any atom is 0.328 e. The molecule has 116 valence electrons. The Bertz CT molecular complexity index is 501. The van der Waals surface area contributed by atoms with Gasteiger partial charge in [0.25, 0.3) is 5.91 Å². The Morgan fingerprint density at radius 2 is 2.05 bits per heavy atom. The molecule has 1 atom stereocenters. The van der Waals surface area contributed by atoms with Crippen LogP contribution in [0.3, 0.4) is 0 Å². The number of methoxy groups -OCH3 is 1. The van der Waals surface area contributed by atoms with E-state index in [9.17, 15) is 9.59 Å². The fourth-order valence-electron chi connectivity index (χ4n) is 1.87. The Kier molecular flexibility index (Phi) is 6.14. The number of pyridine rings is 1. The van der Waals surface area contributed by atoms with Crippen LogP contribution >= 0.6 is 0 Å². The second kappa shape index (κ2) is 7.61. The van der Waals surface area contributed by atoms with Crippen LogP contribution in [0, 0.1) is 5.92 Å². The molecule has 0 aliphatic carbocycles. The molecule has 0 saturated carbocycles. The van der Waals surface area contributed by atoms with E-state index in [0.29, 0.717) is 17.8 Å². The predicted octanol–water partition coefficient (Wildman–Crippen LogP) is 1.47. The number of hydrogen-bond donors (Lipinski definition) is 1. The van der Waals surface area contributed by atoms with Crippen LogP contribution in [-0.2, 0) is 9.53 Å². The molecule has 1 rings (SSSR count). The Hall–Kier alpha value is -2.11. The van der Waals surface area contributed by atoms with Crippen molar-refractivity contribution in [2.24, 2.45) is 5.92 Å². The van der Waals surface area contributed by atoms with Crippen molar-refractivity contribution >= 4 is 17.7 Å². The lowest BCUT2D eigenvalue weighted by molar-refractivity contribution is -0.143. The van der Waals surface area contributed by atoms with Crippen LogP contribution in [0.1, 0.15) is 30.6 Å². The summed E-state index contributed by atoms with van der Waals surface area (Å²) in [5, 5.41) is 2.72. The van der Waals surface area contributed by atoms with Gasteiger partial charge in [-0.15, -0.1) is 0 Å². The standard InChI is InChI=1S/C15H23N3O3/c1-10(2)8-12(15(20)21-5)17-14(19)11-6-7-16-13(9-11)18(3)4/h6-7,9-10,12H,8H2,1-5H3,(H,17,19). The second-order valence-corrected chi connectivity index (χ2v) is 5.48. The normalized spacial score (nSPS) is 11.9. The third-order valence-corrected chi connectivity index (χ3v) is 2.96. The summed E-state index contributed by atoms with van der Waals surface area (Å²) in [6.07, 6.45) is 2.10. The maximum absolute atomic E-state index is 12.3. The number of nitrogens with zero attached hydrogens (tertiary/aromatic N) is 2. The SMILES string of the molecule is COC(=O)C(CC(C)C)NC(=O)c1ccnc(N(C)C)c1. The minimum atomic E-state index is -0.640. The summed E-state index contributed by atoms with van der Waals surface area (Å²) >= 11 is 0. The number of nitrogens with one attached hydrogen (secondary N) is 1. The van der Waals surface area contributed by atoms with Crippen LogP contribution in [0.25, 0.3) is 0 Å². The molecule has 6 nitrogen and oxygen atoms in total. The molecule has 1 amide bonds. The van der Waals surface area contributed by atoms with E-state index < -0.39 is 12.0 Å². The number of esters is 1. The van der Waals surface area contributed by atoms with E-state index in [0.717, 1.165) is 0 Å². The van der Waals surface area contributed by atoms with Gasteiger partial charge in [0.1, 0.15) is 11.9 Å². The van der Waals surface area contributed by atoms with Gasteiger partial charge in [0, 0.05) is 25.9 Å². The fourth-order valence-corrected chi connectivity index (χ4v) is 1.87. The Morgan fingerprint density at radius 1 is 1.38 bits per heavy atom. The largest absolute Gasteiger partial charge is 0.467 e. The summed E-state index contributed by atoms with van der Waals surface area (Å²) in [7, 11) is 5.01. The van der Waals surface area contributed by atoms with Crippen molar-refractivity contribution in [3.05, 3.63) is 23.9 Å². The third-order valence-electron chi connectivity index (χ3n) is 2.96. The van der Waals surface area contributed by atoms with Gasteiger partial charge in [-0.1, -0.05) is 13.8 Å². The van der Waals surface area contributed by atoms with Crippen molar-refractivity contribution in [3.63, 3.8) is 0 Å². The fraction of sp³-hybridized carbons (Fsp3) is 0.533. The molecule has 0 aromatic carbocycles. The molecule has 0 radical (unpaired) electrons. The number of ether oxygens (including phenoxy) is 1. The van der Waals surface area contributed by atoms with Crippen molar-refractivity contribution < 1.29 is 14.3 Å². The van der Waals surface area contributed by atoms with Crippen molar-refractivity contribution in [2.45, 2.75) is 26.3 Å². The number of carbonyl (C=O) groups is 2. The topological polar surface area (TPSA) is 71.5 Å². The van der Waals surface area contributed by atoms with E-state index in [-0.39, 0.29) is 11.8 Å². The van der Waals surface area contributed by atoms with E-state index >= 15 is 0 Å². The van der Waals surface area contributed by atoms with Crippen LogP contribution in [0.15, 0.2) is 18.3 Å². The summed E-state index contributed by atoms with van der Waals surface area (Å²) in [5.74, 6) is 0.209. The average Bonchev–Trinajstić information content (AvgIpc) is 2.45. The molecule has 0 aliphatic rings. The molecule has 1 aromatic rings. The highest BCUT2D eigenvalue weighted by Crippen LogP contribution is 2.11. The van der Waals surface area contributed by atoms with Crippen LogP contribution in [0.2, 0.25) is 0 Å². The quantitative estimate of drug-likeness (QED) is 0.804. The summed E-state index contributed by atoms with van der Waals surface area (Å²) < 4.78 is 4.74. The number of rotatable bonds is 6. The molecular formula is C15H23N3O3.